The summed E-state index contributed by atoms with van der Waals surface area (Å²) in [6, 6.07) is 9.99. The van der Waals surface area contributed by atoms with Crippen molar-refractivity contribution in [3.05, 3.63) is 35.9 Å². The highest BCUT2D eigenvalue weighted by atomic mass is 32.2. The first kappa shape index (κ1) is 18.7. The fraction of sp³-hybridized carbons (Fsp3) is 0.619. The number of hydrogen-bond acceptors (Lipinski definition) is 3. The summed E-state index contributed by atoms with van der Waals surface area (Å²) in [4.78, 5) is 29.5. The van der Waals surface area contributed by atoms with Crippen LogP contribution in [0.25, 0.3) is 0 Å². The quantitative estimate of drug-likeness (QED) is 0.842. The molecule has 0 unspecified atom stereocenters. The summed E-state index contributed by atoms with van der Waals surface area (Å²) in [7, 11) is 0. The van der Waals surface area contributed by atoms with E-state index in [4.69, 9.17) is 0 Å². The van der Waals surface area contributed by atoms with Gasteiger partial charge in [0.15, 0.2) is 0 Å². The third kappa shape index (κ3) is 3.96. The van der Waals surface area contributed by atoms with Gasteiger partial charge in [0.2, 0.25) is 0 Å². The molecule has 0 radical (unpaired) electrons. The fourth-order valence-electron chi connectivity index (χ4n) is 4.62. The molecule has 1 aromatic carbocycles. The van der Waals surface area contributed by atoms with Crippen molar-refractivity contribution in [2.45, 2.75) is 55.9 Å². The Bertz CT molecular complexity index is 667. The highest BCUT2D eigenvalue weighted by Gasteiger charge is 2.47. The first-order valence-electron chi connectivity index (χ1n) is 10.2. The summed E-state index contributed by atoms with van der Waals surface area (Å²) in [5, 5.41) is 3.23. The van der Waals surface area contributed by atoms with Gasteiger partial charge in [-0.2, -0.15) is 0 Å². The number of carbonyl (C=O) groups is 2. The number of amides is 3. The summed E-state index contributed by atoms with van der Waals surface area (Å²) in [5.74, 6) is 1.10. The van der Waals surface area contributed by atoms with Gasteiger partial charge in [0.1, 0.15) is 0 Å². The molecule has 2 aliphatic heterocycles. The molecule has 2 heterocycles. The number of nitrogens with zero attached hydrogens (tertiary/aromatic N) is 2. The predicted octanol–water partition coefficient (Wildman–Crippen LogP) is 3.71. The molecule has 3 aliphatic rings. The number of thioether (sulfide) groups is 1. The smallest absolute Gasteiger partial charge is 0.317 e. The maximum absolute atomic E-state index is 13.0. The minimum Gasteiger partial charge on any atom is -0.335 e. The van der Waals surface area contributed by atoms with Crippen molar-refractivity contribution in [1.82, 2.24) is 15.1 Å². The van der Waals surface area contributed by atoms with E-state index in [0.29, 0.717) is 6.04 Å². The summed E-state index contributed by atoms with van der Waals surface area (Å²) in [5.41, 5.74) is 0.761. The Morgan fingerprint density at radius 1 is 1.00 bits per heavy atom. The van der Waals surface area contributed by atoms with Crippen molar-refractivity contribution in [3.63, 3.8) is 0 Å². The SMILES string of the molecule is O=C(NC1CCCCC1)N1CCC2(CC1)SCCN2C(=O)c1ccccc1. The van der Waals surface area contributed by atoms with Crippen LogP contribution in [0.1, 0.15) is 55.3 Å². The van der Waals surface area contributed by atoms with Crippen molar-refractivity contribution in [1.29, 1.82) is 0 Å². The summed E-state index contributed by atoms with van der Waals surface area (Å²) >= 11 is 1.89. The zero-order valence-electron chi connectivity index (χ0n) is 15.9. The van der Waals surface area contributed by atoms with Gasteiger partial charge in [0, 0.05) is 37.0 Å². The standard InChI is InChI=1S/C21H29N3O2S/c25-19(17-7-3-1-4-8-17)24-15-16-27-21(24)11-13-23(14-12-21)20(26)22-18-9-5-2-6-10-18/h1,3-4,7-8,18H,2,5-6,9-16H2,(H,22,26). The Kier molecular flexibility index (Phi) is 5.62. The van der Waals surface area contributed by atoms with E-state index < -0.39 is 0 Å². The monoisotopic (exact) mass is 387 g/mol. The second-order valence-corrected chi connectivity index (χ2v) is 9.35. The Labute approximate surface area is 165 Å². The van der Waals surface area contributed by atoms with Crippen LogP contribution in [0.3, 0.4) is 0 Å². The molecule has 3 fully saturated rings. The number of benzene rings is 1. The van der Waals surface area contributed by atoms with Crippen LogP contribution in [0.4, 0.5) is 4.79 Å². The zero-order chi connectivity index (χ0) is 18.7. The Balaban J connectivity index is 1.36. The van der Waals surface area contributed by atoms with E-state index in [1.165, 1.54) is 19.3 Å². The molecule has 27 heavy (non-hydrogen) atoms. The molecule has 4 rings (SSSR count). The molecule has 2 saturated heterocycles. The molecule has 1 spiro atoms. The normalized spacial score (nSPS) is 22.8. The van der Waals surface area contributed by atoms with E-state index >= 15 is 0 Å². The largest absolute Gasteiger partial charge is 0.335 e. The van der Waals surface area contributed by atoms with E-state index in [9.17, 15) is 9.59 Å². The Hall–Kier alpha value is -1.69. The number of hydrogen-bond donors (Lipinski definition) is 1. The van der Waals surface area contributed by atoms with Crippen LogP contribution >= 0.6 is 11.8 Å². The lowest BCUT2D eigenvalue weighted by atomic mass is 9.95. The van der Waals surface area contributed by atoms with Crippen LogP contribution in [0.5, 0.6) is 0 Å². The highest BCUT2D eigenvalue weighted by Crippen LogP contribution is 2.44. The molecule has 1 aliphatic carbocycles. The van der Waals surface area contributed by atoms with Crippen LogP contribution in [-0.2, 0) is 0 Å². The van der Waals surface area contributed by atoms with Crippen LogP contribution in [0.2, 0.25) is 0 Å². The molecule has 1 aromatic rings. The molecule has 1 N–H and O–H groups in total. The molecule has 0 aromatic heterocycles. The van der Waals surface area contributed by atoms with Gasteiger partial charge in [0.05, 0.1) is 4.87 Å². The van der Waals surface area contributed by atoms with Gasteiger partial charge in [-0.3, -0.25) is 4.79 Å². The number of carbonyl (C=O) groups excluding carboxylic acids is 2. The molecular weight excluding hydrogens is 358 g/mol. The third-order valence-corrected chi connectivity index (χ3v) is 7.76. The molecule has 5 nitrogen and oxygen atoms in total. The molecule has 3 amide bonds. The average molecular weight is 388 g/mol. The van der Waals surface area contributed by atoms with Gasteiger partial charge in [0.25, 0.3) is 5.91 Å². The lowest BCUT2D eigenvalue weighted by Crippen LogP contribution is -2.56. The number of likely N-dealkylation sites (tertiary alicyclic amines) is 1. The van der Waals surface area contributed by atoms with Gasteiger partial charge >= 0.3 is 6.03 Å². The van der Waals surface area contributed by atoms with Crippen molar-refractivity contribution in [2.24, 2.45) is 0 Å². The van der Waals surface area contributed by atoms with Gasteiger partial charge in [-0.25, -0.2) is 4.79 Å². The first-order chi connectivity index (χ1) is 13.2. The maximum atomic E-state index is 13.0. The van der Waals surface area contributed by atoms with Gasteiger partial charge in [-0.15, -0.1) is 11.8 Å². The van der Waals surface area contributed by atoms with E-state index in [2.05, 4.69) is 10.2 Å². The van der Waals surface area contributed by atoms with Gasteiger partial charge < -0.3 is 15.1 Å². The number of rotatable bonds is 2. The molecule has 6 heteroatoms. The second kappa shape index (κ2) is 8.13. The van der Waals surface area contributed by atoms with Crippen LogP contribution in [0.15, 0.2) is 30.3 Å². The first-order valence-corrected chi connectivity index (χ1v) is 11.2. The van der Waals surface area contributed by atoms with Crippen LogP contribution < -0.4 is 5.32 Å². The fourth-order valence-corrected chi connectivity index (χ4v) is 6.07. The lowest BCUT2D eigenvalue weighted by Gasteiger charge is -2.44. The van der Waals surface area contributed by atoms with Crippen molar-refractivity contribution < 1.29 is 9.59 Å². The van der Waals surface area contributed by atoms with Crippen LogP contribution in [-0.4, -0.2) is 58.0 Å². The lowest BCUT2D eigenvalue weighted by molar-refractivity contribution is 0.0579. The third-order valence-electron chi connectivity index (χ3n) is 6.21. The van der Waals surface area contributed by atoms with Crippen molar-refractivity contribution in [3.8, 4) is 0 Å². The van der Waals surface area contributed by atoms with E-state index in [1.807, 2.05) is 47.0 Å². The average Bonchev–Trinajstić information content (AvgIpc) is 3.12. The second-order valence-electron chi connectivity index (χ2n) is 7.89. The van der Waals surface area contributed by atoms with Gasteiger partial charge in [-0.1, -0.05) is 37.5 Å². The van der Waals surface area contributed by atoms with Gasteiger partial charge in [-0.05, 0) is 37.8 Å². The number of nitrogens with one attached hydrogen (secondary N) is 1. The van der Waals surface area contributed by atoms with Crippen LogP contribution in [0, 0.1) is 0 Å². The van der Waals surface area contributed by atoms with E-state index in [0.717, 1.165) is 56.6 Å². The summed E-state index contributed by atoms with van der Waals surface area (Å²) < 4.78 is 0. The number of urea groups is 1. The maximum Gasteiger partial charge on any atom is 0.317 e. The topological polar surface area (TPSA) is 52.7 Å². The molecule has 0 bridgehead atoms. The number of piperidine rings is 1. The Morgan fingerprint density at radius 2 is 1.70 bits per heavy atom. The van der Waals surface area contributed by atoms with Crippen molar-refractivity contribution >= 4 is 23.7 Å². The highest BCUT2D eigenvalue weighted by molar-refractivity contribution is 8.00. The molecule has 1 saturated carbocycles. The minimum absolute atomic E-state index is 0.0840. The van der Waals surface area contributed by atoms with Crippen molar-refractivity contribution in [2.75, 3.05) is 25.4 Å². The molecule has 146 valence electrons. The Morgan fingerprint density at radius 3 is 2.41 bits per heavy atom. The van der Waals surface area contributed by atoms with E-state index in [-0.39, 0.29) is 16.8 Å². The summed E-state index contributed by atoms with van der Waals surface area (Å²) in [6.07, 6.45) is 7.67. The predicted molar refractivity (Wildman–Crippen MR) is 109 cm³/mol. The molecular formula is C21H29N3O2S. The summed E-state index contributed by atoms with van der Waals surface area (Å²) in [6.45, 7) is 2.25. The minimum atomic E-state index is -0.144. The van der Waals surface area contributed by atoms with E-state index in [1.54, 1.807) is 0 Å². The zero-order valence-corrected chi connectivity index (χ0v) is 16.7. The molecule has 0 atom stereocenters.